The van der Waals surface area contributed by atoms with E-state index in [1.165, 1.54) is 0 Å². The van der Waals surface area contributed by atoms with Crippen molar-refractivity contribution in [3.63, 3.8) is 0 Å². The summed E-state index contributed by atoms with van der Waals surface area (Å²) in [6, 6.07) is 4.54. The summed E-state index contributed by atoms with van der Waals surface area (Å²) in [5.74, 6) is 0.781. The first-order valence-electron chi connectivity index (χ1n) is 6.68. The zero-order valence-electron chi connectivity index (χ0n) is 12.7. The molecule has 0 bridgehead atoms. The second kappa shape index (κ2) is 4.81. The smallest absolute Gasteiger partial charge is 0.0807 e. The summed E-state index contributed by atoms with van der Waals surface area (Å²) >= 11 is 1.95. The molecule has 1 saturated heterocycles. The zero-order valence-corrected chi connectivity index (χ0v) is 16.4. The second-order valence-electron chi connectivity index (χ2n) is 7.48. The molecule has 1 fully saturated rings. The molecule has 102 valence electrons. The number of rotatable bonds is 4. The van der Waals surface area contributed by atoms with Crippen molar-refractivity contribution in [2.24, 2.45) is 0 Å². The van der Waals surface area contributed by atoms with Gasteiger partial charge in [-0.2, -0.15) is 0 Å². The molecular formula is C13H26NPSSi2. The maximum Gasteiger partial charge on any atom is 0.0807 e. The average Bonchev–Trinajstić information content (AvgIpc) is 2.64. The third-order valence-electron chi connectivity index (χ3n) is 3.62. The Kier molecular flexibility index (Phi) is 3.99. The molecule has 0 radical (unpaired) electrons. The highest BCUT2D eigenvalue weighted by molar-refractivity contribution is 7.69. The Labute approximate surface area is 119 Å². The van der Waals surface area contributed by atoms with Crippen LogP contribution in [0.15, 0.2) is 17.5 Å². The molecule has 1 unspecified atom stereocenters. The lowest BCUT2D eigenvalue weighted by atomic mass is 10.5. The van der Waals surface area contributed by atoms with Crippen LogP contribution in [0, 0.1) is 0 Å². The Morgan fingerprint density at radius 1 is 1.17 bits per heavy atom. The van der Waals surface area contributed by atoms with Crippen molar-refractivity contribution in [2.45, 2.75) is 50.0 Å². The van der Waals surface area contributed by atoms with Crippen LogP contribution in [0.1, 0.15) is 10.7 Å². The van der Waals surface area contributed by atoms with Gasteiger partial charge in [-0.15, -0.1) is 11.3 Å². The van der Waals surface area contributed by atoms with E-state index in [-0.39, 0.29) is 8.07 Å². The van der Waals surface area contributed by atoms with Gasteiger partial charge in [-0.3, -0.25) is 4.67 Å². The minimum Gasteiger partial charge on any atom is -0.270 e. The first-order chi connectivity index (χ1) is 8.14. The molecule has 2 heterocycles. The highest BCUT2D eigenvalue weighted by Crippen LogP contribution is 2.78. The third-order valence-corrected chi connectivity index (χ3v) is 21.8. The molecular weight excluding hydrogens is 289 g/mol. The summed E-state index contributed by atoms with van der Waals surface area (Å²) in [6.07, 6.45) is 0. The van der Waals surface area contributed by atoms with E-state index in [1.54, 1.807) is 4.88 Å². The fourth-order valence-electron chi connectivity index (χ4n) is 3.44. The number of nitrogens with zero attached hydrogens (tertiary/aromatic N) is 1. The van der Waals surface area contributed by atoms with Crippen molar-refractivity contribution in [3.05, 3.63) is 22.4 Å². The summed E-state index contributed by atoms with van der Waals surface area (Å²) in [7, 11) is 0.322. The Bertz CT molecular complexity index is 394. The van der Waals surface area contributed by atoms with Crippen molar-refractivity contribution in [2.75, 3.05) is 7.05 Å². The van der Waals surface area contributed by atoms with Crippen LogP contribution in [0.4, 0.5) is 0 Å². The molecule has 0 saturated carbocycles. The summed E-state index contributed by atoms with van der Waals surface area (Å²) in [5.41, 5.74) is 0. The largest absolute Gasteiger partial charge is 0.270 e. The molecule has 0 spiro atoms. The Hall–Kier alpha value is 0.524. The fraction of sp³-hybridized carbons (Fsp3) is 0.692. The quantitative estimate of drug-likeness (QED) is 0.418. The van der Waals surface area contributed by atoms with Crippen LogP contribution in [-0.4, -0.2) is 32.8 Å². The lowest BCUT2D eigenvalue weighted by Crippen LogP contribution is -2.51. The van der Waals surface area contributed by atoms with Gasteiger partial charge < -0.3 is 0 Å². The predicted molar refractivity (Wildman–Crippen MR) is 92.2 cm³/mol. The predicted octanol–water partition coefficient (Wildman–Crippen LogP) is 5.21. The van der Waals surface area contributed by atoms with Crippen molar-refractivity contribution >= 4 is 35.6 Å². The van der Waals surface area contributed by atoms with Gasteiger partial charge in [0.15, 0.2) is 0 Å². The number of hydrogen-bond donors (Lipinski definition) is 0. The maximum atomic E-state index is 2.68. The Morgan fingerprint density at radius 3 is 2.11 bits per heavy atom. The molecule has 0 aromatic carbocycles. The molecule has 5 heteroatoms. The average molecular weight is 316 g/mol. The summed E-state index contributed by atoms with van der Waals surface area (Å²) in [5, 5.41) is 2.23. The van der Waals surface area contributed by atoms with Crippen LogP contribution >= 0.6 is 19.4 Å². The normalized spacial score (nSPS) is 28.8. The zero-order chi connectivity index (χ0) is 13.7. The maximum absolute atomic E-state index is 2.68. The van der Waals surface area contributed by atoms with E-state index in [0.29, 0.717) is 0 Å². The van der Waals surface area contributed by atoms with Crippen LogP contribution in [0.3, 0.4) is 0 Å². The van der Waals surface area contributed by atoms with E-state index in [2.05, 4.69) is 68.5 Å². The lowest BCUT2D eigenvalue weighted by Gasteiger charge is -2.38. The SMILES string of the molecule is CN1[C@@H](c2cccs2)[P@]1C([Si](C)(C)C)[Si](C)(C)C. The molecule has 1 aromatic heterocycles. The summed E-state index contributed by atoms with van der Waals surface area (Å²) in [6.45, 7) is 15.5. The minimum absolute atomic E-state index is 0.102. The van der Waals surface area contributed by atoms with Gasteiger partial charge in [-0.1, -0.05) is 45.3 Å². The van der Waals surface area contributed by atoms with Gasteiger partial charge in [-0.25, -0.2) is 0 Å². The first kappa shape index (κ1) is 14.9. The molecule has 1 aliphatic rings. The highest BCUT2D eigenvalue weighted by atomic mass is 32.1. The van der Waals surface area contributed by atoms with Crippen molar-refractivity contribution in [1.29, 1.82) is 0 Å². The third kappa shape index (κ3) is 2.83. The Morgan fingerprint density at radius 2 is 1.72 bits per heavy atom. The molecule has 1 aliphatic heterocycles. The lowest BCUT2D eigenvalue weighted by molar-refractivity contribution is 0.671. The second-order valence-corrected chi connectivity index (χ2v) is 23.0. The number of thiophene rings is 1. The monoisotopic (exact) mass is 315 g/mol. The molecule has 0 aliphatic carbocycles. The van der Waals surface area contributed by atoms with Crippen LogP contribution in [0.5, 0.6) is 0 Å². The van der Waals surface area contributed by atoms with Crippen LogP contribution in [-0.2, 0) is 0 Å². The van der Waals surface area contributed by atoms with Gasteiger partial charge in [0, 0.05) is 4.88 Å². The van der Waals surface area contributed by atoms with Gasteiger partial charge in [-0.05, 0) is 31.5 Å². The van der Waals surface area contributed by atoms with Crippen LogP contribution in [0.2, 0.25) is 39.3 Å². The van der Waals surface area contributed by atoms with E-state index >= 15 is 0 Å². The van der Waals surface area contributed by atoms with E-state index < -0.39 is 16.1 Å². The van der Waals surface area contributed by atoms with Gasteiger partial charge >= 0.3 is 0 Å². The van der Waals surface area contributed by atoms with Crippen molar-refractivity contribution < 1.29 is 0 Å². The van der Waals surface area contributed by atoms with Gasteiger partial charge in [0.2, 0.25) is 0 Å². The molecule has 3 atom stereocenters. The van der Waals surface area contributed by atoms with E-state index in [9.17, 15) is 0 Å². The van der Waals surface area contributed by atoms with Crippen LogP contribution in [0.25, 0.3) is 0 Å². The van der Waals surface area contributed by atoms with E-state index in [1.807, 2.05) is 11.3 Å². The Balaban J connectivity index is 2.25. The molecule has 18 heavy (non-hydrogen) atoms. The highest BCUT2D eigenvalue weighted by Gasteiger charge is 2.57. The van der Waals surface area contributed by atoms with E-state index in [4.69, 9.17) is 0 Å². The molecule has 0 N–H and O–H groups in total. The van der Waals surface area contributed by atoms with Crippen molar-refractivity contribution in [1.82, 2.24) is 4.67 Å². The van der Waals surface area contributed by atoms with Crippen LogP contribution < -0.4 is 0 Å². The minimum atomic E-state index is -1.07. The molecule has 2 rings (SSSR count). The van der Waals surface area contributed by atoms with Crippen molar-refractivity contribution in [3.8, 4) is 0 Å². The topological polar surface area (TPSA) is 3.01 Å². The molecule has 1 aromatic rings. The fourth-order valence-corrected chi connectivity index (χ4v) is 25.3. The standard InChI is InChI=1S/C13H26NPSSi2/c1-14-12(11-9-8-10-16-11)15(14)13(17(2,3)4)18(5,6)7/h8-10,12-13H,1-7H3/t12-,14?,15-/m1/s1. The summed E-state index contributed by atoms with van der Waals surface area (Å²) < 4.78 is 2.68. The van der Waals surface area contributed by atoms with E-state index in [0.717, 1.165) is 10.7 Å². The molecule has 1 nitrogen and oxygen atoms in total. The van der Waals surface area contributed by atoms with Gasteiger partial charge in [0.05, 0.1) is 21.9 Å². The number of hydrogen-bond acceptors (Lipinski definition) is 2. The van der Waals surface area contributed by atoms with Gasteiger partial charge in [0.1, 0.15) is 0 Å². The first-order valence-corrected chi connectivity index (χ1v) is 16.2. The van der Waals surface area contributed by atoms with Gasteiger partial charge in [0.25, 0.3) is 0 Å². The summed E-state index contributed by atoms with van der Waals surface area (Å²) in [4.78, 5) is 2.65. The molecule has 0 amide bonds.